The number of fused-ring (bicyclic) bond motifs is 1. The lowest BCUT2D eigenvalue weighted by Gasteiger charge is -2.18. The third kappa shape index (κ3) is 2.93. The molecule has 5 nitrogen and oxygen atoms in total. The average molecular weight is 344 g/mol. The number of rotatable bonds is 3. The van der Waals surface area contributed by atoms with Gasteiger partial charge >= 0.3 is 0 Å². The highest BCUT2D eigenvalue weighted by Gasteiger charge is 2.16. The van der Waals surface area contributed by atoms with Crippen LogP contribution in [0, 0.1) is 0 Å². The molecule has 1 aliphatic rings. The summed E-state index contributed by atoms with van der Waals surface area (Å²) in [4.78, 5) is 17.9. The van der Waals surface area contributed by atoms with Crippen molar-refractivity contribution in [3.05, 3.63) is 46.7 Å². The number of nitrogens with one attached hydrogen (secondary N) is 1. The minimum absolute atomic E-state index is 0.214. The maximum atomic E-state index is 12.4. The van der Waals surface area contributed by atoms with Crippen molar-refractivity contribution in [1.82, 2.24) is 4.98 Å². The molecule has 0 saturated heterocycles. The van der Waals surface area contributed by atoms with E-state index in [-0.39, 0.29) is 5.91 Å². The van der Waals surface area contributed by atoms with Gasteiger partial charge in [0.25, 0.3) is 5.91 Å². The van der Waals surface area contributed by atoms with E-state index in [9.17, 15) is 4.79 Å². The second kappa shape index (κ2) is 6.02. The largest absolute Gasteiger partial charge is 0.486 e. The van der Waals surface area contributed by atoms with Gasteiger partial charge < -0.3 is 9.47 Å². The molecule has 0 atom stereocenters. The first-order valence-electron chi connectivity index (χ1n) is 7.00. The van der Waals surface area contributed by atoms with Crippen LogP contribution in [0.2, 0.25) is 0 Å². The Morgan fingerprint density at radius 1 is 1.13 bits per heavy atom. The number of nitrogens with zero attached hydrogens (tertiary/aromatic N) is 1. The Labute approximate surface area is 140 Å². The van der Waals surface area contributed by atoms with E-state index in [1.165, 1.54) is 11.3 Å². The summed E-state index contributed by atoms with van der Waals surface area (Å²) in [5.41, 5.74) is 1.39. The molecule has 0 aliphatic carbocycles. The Morgan fingerprint density at radius 3 is 2.83 bits per heavy atom. The van der Waals surface area contributed by atoms with Gasteiger partial charge in [0.05, 0.1) is 10.6 Å². The van der Waals surface area contributed by atoms with Crippen molar-refractivity contribution in [1.29, 1.82) is 0 Å². The molecular formula is C16H12N2O3S2. The Bertz CT molecular complexity index is 843. The smallest absolute Gasteiger partial charge is 0.257 e. The zero-order chi connectivity index (χ0) is 15.6. The fourth-order valence-corrected chi connectivity index (χ4v) is 3.69. The first-order valence-corrected chi connectivity index (χ1v) is 8.76. The number of benzene rings is 1. The molecule has 7 heteroatoms. The number of hydrogen-bond acceptors (Lipinski definition) is 6. The number of carbonyl (C=O) groups excluding carboxylic acids is 1. The van der Waals surface area contributed by atoms with Gasteiger partial charge in [-0.25, -0.2) is 4.98 Å². The van der Waals surface area contributed by atoms with Crippen LogP contribution in [0.5, 0.6) is 11.5 Å². The summed E-state index contributed by atoms with van der Waals surface area (Å²) in [6, 6.07) is 9.15. The topological polar surface area (TPSA) is 60.5 Å². The van der Waals surface area contributed by atoms with Crippen molar-refractivity contribution >= 4 is 33.7 Å². The number of ether oxygens (including phenoxy) is 2. The predicted octanol–water partition coefficient (Wildman–Crippen LogP) is 3.90. The van der Waals surface area contributed by atoms with Crippen LogP contribution in [0.4, 0.5) is 5.13 Å². The number of carbonyl (C=O) groups is 1. The van der Waals surface area contributed by atoms with E-state index < -0.39 is 0 Å². The lowest BCUT2D eigenvalue weighted by molar-refractivity contribution is 0.102. The lowest BCUT2D eigenvalue weighted by atomic mass is 10.2. The maximum Gasteiger partial charge on any atom is 0.257 e. The quantitative estimate of drug-likeness (QED) is 0.783. The van der Waals surface area contributed by atoms with Crippen LogP contribution in [0.15, 0.2) is 41.1 Å². The molecule has 0 bridgehead atoms. The van der Waals surface area contributed by atoms with Gasteiger partial charge in [0, 0.05) is 10.9 Å². The Balaban J connectivity index is 1.52. The van der Waals surface area contributed by atoms with Crippen LogP contribution >= 0.6 is 22.7 Å². The van der Waals surface area contributed by atoms with Gasteiger partial charge in [-0.1, -0.05) is 6.07 Å². The Morgan fingerprint density at radius 2 is 2.00 bits per heavy atom. The van der Waals surface area contributed by atoms with E-state index in [0.717, 1.165) is 10.6 Å². The van der Waals surface area contributed by atoms with E-state index in [1.54, 1.807) is 29.5 Å². The average Bonchev–Trinajstić information content (AvgIpc) is 3.25. The summed E-state index contributed by atoms with van der Waals surface area (Å²) >= 11 is 3.03. The van der Waals surface area contributed by atoms with Crippen LogP contribution in [0.25, 0.3) is 10.6 Å². The highest BCUT2D eigenvalue weighted by molar-refractivity contribution is 7.16. The molecule has 4 rings (SSSR count). The zero-order valence-electron chi connectivity index (χ0n) is 11.9. The molecule has 3 heterocycles. The van der Waals surface area contributed by atoms with Gasteiger partial charge in [-0.2, -0.15) is 0 Å². The van der Waals surface area contributed by atoms with Crippen LogP contribution in [-0.2, 0) is 0 Å². The van der Waals surface area contributed by atoms with Crippen molar-refractivity contribution in [2.75, 3.05) is 18.5 Å². The number of hydrogen-bond donors (Lipinski definition) is 1. The summed E-state index contributed by atoms with van der Waals surface area (Å²) in [5.74, 6) is 1.05. The fourth-order valence-electron chi connectivity index (χ4n) is 2.22. The molecule has 1 aliphatic heterocycles. The van der Waals surface area contributed by atoms with Crippen LogP contribution < -0.4 is 14.8 Å². The molecule has 1 aromatic carbocycles. The lowest BCUT2D eigenvalue weighted by Crippen LogP contribution is -2.17. The zero-order valence-corrected chi connectivity index (χ0v) is 13.6. The number of amides is 1. The molecule has 3 aromatic rings. The molecule has 0 saturated carbocycles. The first kappa shape index (κ1) is 14.2. The van der Waals surface area contributed by atoms with Gasteiger partial charge in [0.2, 0.25) is 0 Å². The van der Waals surface area contributed by atoms with Crippen molar-refractivity contribution in [2.45, 2.75) is 0 Å². The summed E-state index contributed by atoms with van der Waals surface area (Å²) in [6.45, 7) is 1.03. The number of aromatic nitrogens is 1. The van der Waals surface area contributed by atoms with E-state index in [0.29, 0.717) is 35.4 Å². The third-order valence-corrected chi connectivity index (χ3v) is 4.95. The number of anilines is 1. The second-order valence-corrected chi connectivity index (χ2v) is 6.63. The molecule has 116 valence electrons. The van der Waals surface area contributed by atoms with Gasteiger partial charge in [-0.15, -0.1) is 22.7 Å². The number of thiophene rings is 1. The van der Waals surface area contributed by atoms with E-state index in [2.05, 4.69) is 10.3 Å². The Hall–Kier alpha value is -2.38. The SMILES string of the molecule is O=C(Nc1nc(-c2cccs2)cs1)c1ccc2c(c1)OCCO2. The molecule has 2 aromatic heterocycles. The second-order valence-electron chi connectivity index (χ2n) is 4.83. The van der Waals surface area contributed by atoms with Gasteiger partial charge in [-0.05, 0) is 29.6 Å². The van der Waals surface area contributed by atoms with Crippen molar-refractivity contribution in [2.24, 2.45) is 0 Å². The van der Waals surface area contributed by atoms with E-state index >= 15 is 0 Å². The molecule has 1 amide bonds. The molecule has 23 heavy (non-hydrogen) atoms. The van der Waals surface area contributed by atoms with Crippen molar-refractivity contribution in [3.8, 4) is 22.1 Å². The third-order valence-electron chi connectivity index (χ3n) is 3.30. The molecule has 0 unspecified atom stereocenters. The summed E-state index contributed by atoms with van der Waals surface area (Å²) in [5, 5.41) is 7.34. The molecule has 0 radical (unpaired) electrons. The van der Waals surface area contributed by atoms with Crippen LogP contribution in [-0.4, -0.2) is 24.1 Å². The summed E-state index contributed by atoms with van der Waals surface area (Å²) in [6.07, 6.45) is 0. The predicted molar refractivity (Wildman–Crippen MR) is 90.8 cm³/mol. The van der Waals surface area contributed by atoms with Crippen molar-refractivity contribution < 1.29 is 14.3 Å². The van der Waals surface area contributed by atoms with Gasteiger partial charge in [-0.3, -0.25) is 10.1 Å². The Kier molecular flexibility index (Phi) is 3.72. The molecule has 1 N–H and O–H groups in total. The summed E-state index contributed by atoms with van der Waals surface area (Å²) < 4.78 is 11.0. The highest BCUT2D eigenvalue weighted by Crippen LogP contribution is 2.32. The fraction of sp³-hybridized carbons (Fsp3) is 0.125. The van der Waals surface area contributed by atoms with Crippen LogP contribution in [0.1, 0.15) is 10.4 Å². The first-order chi connectivity index (χ1) is 11.3. The molecular weight excluding hydrogens is 332 g/mol. The molecule has 0 fully saturated rings. The van der Waals surface area contributed by atoms with E-state index in [1.807, 2.05) is 22.9 Å². The normalized spacial score (nSPS) is 12.9. The standard InChI is InChI=1S/C16H12N2O3S2/c19-15(10-3-4-12-13(8-10)21-6-5-20-12)18-16-17-11(9-23-16)14-2-1-7-22-14/h1-4,7-9H,5-6H2,(H,17,18,19). The minimum atomic E-state index is -0.214. The van der Waals surface area contributed by atoms with Gasteiger partial charge in [0.15, 0.2) is 16.6 Å². The van der Waals surface area contributed by atoms with Gasteiger partial charge in [0.1, 0.15) is 13.2 Å². The molecule has 0 spiro atoms. The minimum Gasteiger partial charge on any atom is -0.486 e. The van der Waals surface area contributed by atoms with Crippen molar-refractivity contribution in [3.63, 3.8) is 0 Å². The van der Waals surface area contributed by atoms with E-state index in [4.69, 9.17) is 9.47 Å². The summed E-state index contributed by atoms with van der Waals surface area (Å²) in [7, 11) is 0. The highest BCUT2D eigenvalue weighted by atomic mass is 32.1. The monoisotopic (exact) mass is 344 g/mol. The van der Waals surface area contributed by atoms with Crippen LogP contribution in [0.3, 0.4) is 0 Å². The number of thiazole rings is 1. The maximum absolute atomic E-state index is 12.4.